The Bertz CT molecular complexity index is 1490. The summed E-state index contributed by atoms with van der Waals surface area (Å²) < 4.78 is 28.9. The first-order valence-corrected chi connectivity index (χ1v) is 15.2. The number of nitrogens with one attached hydrogen (secondary N) is 1. The van der Waals surface area contributed by atoms with Crippen molar-refractivity contribution in [3.63, 3.8) is 0 Å². The Kier molecular flexibility index (Phi) is 10.5. The molecule has 3 rings (SSSR count). The molecule has 0 spiro atoms. The molecule has 214 valence electrons. The van der Waals surface area contributed by atoms with Gasteiger partial charge in [0, 0.05) is 17.6 Å². The maximum atomic E-state index is 14.0. The van der Waals surface area contributed by atoms with Gasteiger partial charge in [0.25, 0.3) is 10.0 Å². The van der Waals surface area contributed by atoms with Crippen LogP contribution in [0.3, 0.4) is 0 Å². The van der Waals surface area contributed by atoms with E-state index in [-0.39, 0.29) is 23.4 Å². The summed E-state index contributed by atoms with van der Waals surface area (Å²) in [6.07, 6.45) is 0. The number of halogens is 3. The molecule has 0 bridgehead atoms. The van der Waals surface area contributed by atoms with Gasteiger partial charge >= 0.3 is 0 Å². The summed E-state index contributed by atoms with van der Waals surface area (Å²) in [6, 6.07) is 15.0. The third kappa shape index (κ3) is 7.69. The normalized spacial score (nSPS) is 12.2. The monoisotopic (exact) mass is 623 g/mol. The number of rotatable bonds is 10. The number of benzene rings is 3. The molecule has 0 saturated heterocycles. The summed E-state index contributed by atoms with van der Waals surface area (Å²) >= 11 is 18.4. The fourth-order valence-corrected chi connectivity index (χ4v) is 6.10. The summed E-state index contributed by atoms with van der Waals surface area (Å²) in [5.41, 5.74) is 2.38. The molecule has 0 radical (unpaired) electrons. The first-order valence-electron chi connectivity index (χ1n) is 12.6. The van der Waals surface area contributed by atoms with Crippen molar-refractivity contribution in [2.24, 2.45) is 0 Å². The Morgan fingerprint density at radius 2 is 1.52 bits per heavy atom. The van der Waals surface area contributed by atoms with Crippen molar-refractivity contribution in [3.8, 4) is 0 Å². The summed E-state index contributed by atoms with van der Waals surface area (Å²) in [6.45, 7) is 8.24. The van der Waals surface area contributed by atoms with Crippen LogP contribution in [-0.2, 0) is 26.2 Å². The Balaban J connectivity index is 2.08. The molecule has 1 atom stereocenters. The highest BCUT2D eigenvalue weighted by atomic mass is 35.5. The van der Waals surface area contributed by atoms with Crippen molar-refractivity contribution < 1.29 is 18.0 Å². The van der Waals surface area contributed by atoms with Crippen LogP contribution in [-0.4, -0.2) is 43.8 Å². The second-order valence-corrected chi connectivity index (χ2v) is 13.0. The molecule has 0 aliphatic carbocycles. The Morgan fingerprint density at radius 1 is 0.875 bits per heavy atom. The van der Waals surface area contributed by atoms with E-state index in [1.54, 1.807) is 62.4 Å². The maximum absolute atomic E-state index is 14.0. The van der Waals surface area contributed by atoms with E-state index in [2.05, 4.69) is 5.32 Å². The highest BCUT2D eigenvalue weighted by Gasteiger charge is 2.33. The van der Waals surface area contributed by atoms with E-state index < -0.39 is 28.5 Å². The zero-order valence-electron chi connectivity index (χ0n) is 22.9. The summed E-state index contributed by atoms with van der Waals surface area (Å²) in [5.74, 6) is -0.957. The van der Waals surface area contributed by atoms with E-state index in [4.69, 9.17) is 34.8 Å². The van der Waals surface area contributed by atoms with Crippen molar-refractivity contribution in [2.45, 2.75) is 58.1 Å². The molecule has 0 aliphatic rings. The molecular formula is C29H32Cl3N3O4S. The van der Waals surface area contributed by atoms with Crippen LogP contribution in [0.4, 0.5) is 5.69 Å². The van der Waals surface area contributed by atoms with Crippen molar-refractivity contribution in [3.05, 3.63) is 92.4 Å². The number of amides is 2. The molecule has 2 amide bonds. The van der Waals surface area contributed by atoms with E-state index in [1.165, 1.54) is 17.0 Å². The topological polar surface area (TPSA) is 86.8 Å². The maximum Gasteiger partial charge on any atom is 0.264 e. The standard InChI is InChI=1S/C29H32Cl3N3O4S/c1-18(2)33-29(37)21(5)34(16-22-8-12-25(31)26(32)15-22)28(36)17-35(27-13-9-23(30)14-20(27)4)40(38,39)24-10-6-19(3)7-11-24/h6-15,18,21H,16-17H2,1-5H3,(H,33,37)/t21-/m0/s1. The van der Waals surface area contributed by atoms with Crippen molar-refractivity contribution in [1.82, 2.24) is 10.2 Å². The van der Waals surface area contributed by atoms with Crippen LogP contribution < -0.4 is 9.62 Å². The van der Waals surface area contributed by atoms with Gasteiger partial charge in [-0.1, -0.05) is 58.6 Å². The van der Waals surface area contributed by atoms with Crippen molar-refractivity contribution >= 4 is 62.3 Å². The lowest BCUT2D eigenvalue weighted by molar-refractivity contribution is -0.139. The summed E-state index contributed by atoms with van der Waals surface area (Å²) in [5, 5.41) is 3.90. The highest BCUT2D eigenvalue weighted by molar-refractivity contribution is 7.92. The first kappa shape index (κ1) is 31.7. The lowest BCUT2D eigenvalue weighted by Gasteiger charge is -2.32. The van der Waals surface area contributed by atoms with Gasteiger partial charge in [-0.05, 0) is 88.2 Å². The zero-order chi connectivity index (χ0) is 29.8. The Hall–Kier alpha value is -2.78. The number of nitrogens with zero attached hydrogens (tertiary/aromatic N) is 2. The van der Waals surface area contributed by atoms with E-state index in [1.807, 2.05) is 20.8 Å². The van der Waals surface area contributed by atoms with Gasteiger partial charge in [-0.3, -0.25) is 13.9 Å². The first-order chi connectivity index (χ1) is 18.7. The lowest BCUT2D eigenvalue weighted by atomic mass is 10.1. The number of carbonyl (C=O) groups is 2. The van der Waals surface area contributed by atoms with E-state index in [9.17, 15) is 18.0 Å². The van der Waals surface area contributed by atoms with Crippen LogP contribution in [0.25, 0.3) is 0 Å². The van der Waals surface area contributed by atoms with Gasteiger partial charge in [0.2, 0.25) is 11.8 Å². The van der Waals surface area contributed by atoms with E-state index >= 15 is 0 Å². The van der Waals surface area contributed by atoms with Gasteiger partial charge < -0.3 is 10.2 Å². The van der Waals surface area contributed by atoms with Gasteiger partial charge in [-0.15, -0.1) is 0 Å². The second kappa shape index (κ2) is 13.3. The lowest BCUT2D eigenvalue weighted by Crippen LogP contribution is -2.52. The fraction of sp³-hybridized carbons (Fsp3) is 0.310. The number of aryl methyl sites for hydroxylation is 2. The van der Waals surface area contributed by atoms with Gasteiger partial charge in [-0.25, -0.2) is 8.42 Å². The third-order valence-corrected chi connectivity index (χ3v) is 9.00. The Labute approximate surface area is 251 Å². The molecule has 0 aliphatic heterocycles. The van der Waals surface area contributed by atoms with Crippen LogP contribution in [0.2, 0.25) is 15.1 Å². The molecular weight excluding hydrogens is 593 g/mol. The zero-order valence-corrected chi connectivity index (χ0v) is 26.0. The van der Waals surface area contributed by atoms with E-state index in [0.29, 0.717) is 31.9 Å². The average Bonchev–Trinajstić information content (AvgIpc) is 2.87. The largest absolute Gasteiger partial charge is 0.352 e. The average molecular weight is 625 g/mol. The van der Waals surface area contributed by atoms with Gasteiger partial charge in [0.05, 0.1) is 20.6 Å². The molecule has 1 N–H and O–H groups in total. The van der Waals surface area contributed by atoms with Crippen LogP contribution in [0.15, 0.2) is 65.6 Å². The molecule has 0 aromatic heterocycles. The summed E-state index contributed by atoms with van der Waals surface area (Å²) in [4.78, 5) is 28.4. The molecule has 7 nitrogen and oxygen atoms in total. The van der Waals surface area contributed by atoms with Crippen molar-refractivity contribution in [1.29, 1.82) is 0 Å². The third-order valence-electron chi connectivity index (χ3n) is 6.25. The molecule has 11 heteroatoms. The molecule has 0 unspecified atom stereocenters. The fourth-order valence-electron chi connectivity index (χ4n) is 4.07. The molecule has 3 aromatic carbocycles. The van der Waals surface area contributed by atoms with Crippen LogP contribution >= 0.6 is 34.8 Å². The highest BCUT2D eigenvalue weighted by Crippen LogP contribution is 2.30. The number of carbonyl (C=O) groups excluding carboxylic acids is 2. The molecule has 0 saturated carbocycles. The molecule has 0 heterocycles. The molecule has 40 heavy (non-hydrogen) atoms. The number of hydrogen-bond donors (Lipinski definition) is 1. The predicted molar refractivity (Wildman–Crippen MR) is 162 cm³/mol. The SMILES string of the molecule is Cc1ccc(S(=O)(=O)N(CC(=O)N(Cc2ccc(Cl)c(Cl)c2)[C@@H](C)C(=O)NC(C)C)c2ccc(Cl)cc2C)cc1. The summed E-state index contributed by atoms with van der Waals surface area (Å²) in [7, 11) is -4.18. The van der Waals surface area contributed by atoms with Gasteiger partial charge in [0.1, 0.15) is 12.6 Å². The second-order valence-electron chi connectivity index (χ2n) is 9.86. The number of anilines is 1. The van der Waals surface area contributed by atoms with Gasteiger partial charge in [0.15, 0.2) is 0 Å². The van der Waals surface area contributed by atoms with Crippen LogP contribution in [0.1, 0.15) is 37.5 Å². The van der Waals surface area contributed by atoms with E-state index in [0.717, 1.165) is 9.87 Å². The number of sulfonamides is 1. The van der Waals surface area contributed by atoms with Gasteiger partial charge in [-0.2, -0.15) is 0 Å². The minimum absolute atomic E-state index is 0.000420. The van der Waals surface area contributed by atoms with Crippen molar-refractivity contribution in [2.75, 3.05) is 10.8 Å². The predicted octanol–water partition coefficient (Wildman–Crippen LogP) is 6.40. The molecule has 0 fully saturated rings. The van der Waals surface area contributed by atoms with Crippen LogP contribution in [0.5, 0.6) is 0 Å². The smallest absolute Gasteiger partial charge is 0.264 e. The minimum Gasteiger partial charge on any atom is -0.352 e. The number of hydrogen-bond acceptors (Lipinski definition) is 4. The Morgan fingerprint density at radius 3 is 2.10 bits per heavy atom. The van der Waals surface area contributed by atoms with Crippen LogP contribution in [0, 0.1) is 13.8 Å². The molecule has 3 aromatic rings. The minimum atomic E-state index is -4.18. The quantitative estimate of drug-likeness (QED) is 0.283.